The van der Waals surface area contributed by atoms with Crippen molar-refractivity contribution >= 4 is 6.03 Å². The molecule has 1 heterocycles. The van der Waals surface area contributed by atoms with Gasteiger partial charge in [0.15, 0.2) is 0 Å². The fourth-order valence-corrected chi connectivity index (χ4v) is 2.79. The van der Waals surface area contributed by atoms with Crippen LogP contribution in [0.4, 0.5) is 4.79 Å². The summed E-state index contributed by atoms with van der Waals surface area (Å²) in [5.41, 5.74) is 0. The molecule has 0 aromatic carbocycles. The lowest BCUT2D eigenvalue weighted by atomic mass is 10.0. The summed E-state index contributed by atoms with van der Waals surface area (Å²) < 4.78 is 0. The zero-order valence-electron chi connectivity index (χ0n) is 14.0. The van der Waals surface area contributed by atoms with Gasteiger partial charge in [0.2, 0.25) is 0 Å². The molecule has 1 fully saturated rings. The van der Waals surface area contributed by atoms with Gasteiger partial charge in [-0.3, -0.25) is 0 Å². The van der Waals surface area contributed by atoms with E-state index < -0.39 is 0 Å². The summed E-state index contributed by atoms with van der Waals surface area (Å²) in [7, 11) is 0. The van der Waals surface area contributed by atoms with Gasteiger partial charge in [0.25, 0.3) is 0 Å². The number of amides is 2. The summed E-state index contributed by atoms with van der Waals surface area (Å²) in [6.45, 7) is 14.9. The molecular weight excluding hydrogens is 250 g/mol. The van der Waals surface area contributed by atoms with Crippen molar-refractivity contribution in [1.82, 2.24) is 15.1 Å². The summed E-state index contributed by atoms with van der Waals surface area (Å²) in [6, 6.07) is 0.722. The maximum absolute atomic E-state index is 12.2. The minimum absolute atomic E-state index is 0.100. The number of urea groups is 1. The zero-order chi connectivity index (χ0) is 15.1. The molecule has 0 radical (unpaired) electrons. The van der Waals surface area contributed by atoms with E-state index in [1.807, 2.05) is 18.7 Å². The van der Waals surface area contributed by atoms with Crippen LogP contribution in [0.25, 0.3) is 0 Å². The molecule has 0 saturated carbocycles. The number of piperidine rings is 1. The van der Waals surface area contributed by atoms with Crippen molar-refractivity contribution in [2.24, 2.45) is 5.92 Å². The van der Waals surface area contributed by atoms with E-state index in [0.717, 1.165) is 38.4 Å². The fourth-order valence-electron chi connectivity index (χ4n) is 2.79. The van der Waals surface area contributed by atoms with E-state index in [0.29, 0.717) is 6.04 Å². The Bertz CT molecular complexity index is 283. The molecule has 1 saturated heterocycles. The van der Waals surface area contributed by atoms with Gasteiger partial charge < -0.3 is 15.1 Å². The van der Waals surface area contributed by atoms with Crippen LogP contribution in [0.2, 0.25) is 0 Å². The zero-order valence-corrected chi connectivity index (χ0v) is 14.0. The van der Waals surface area contributed by atoms with E-state index in [-0.39, 0.29) is 12.1 Å². The second kappa shape index (κ2) is 8.50. The van der Waals surface area contributed by atoms with Crippen LogP contribution in [-0.2, 0) is 0 Å². The van der Waals surface area contributed by atoms with Crippen LogP contribution >= 0.6 is 0 Å². The minimum atomic E-state index is 0.100. The highest BCUT2D eigenvalue weighted by atomic mass is 16.2. The molecule has 2 amide bonds. The quantitative estimate of drug-likeness (QED) is 0.813. The van der Waals surface area contributed by atoms with Crippen molar-refractivity contribution < 1.29 is 4.79 Å². The van der Waals surface area contributed by atoms with Crippen molar-refractivity contribution in [3.63, 3.8) is 0 Å². The number of hydrogen-bond acceptors (Lipinski definition) is 2. The number of nitrogens with zero attached hydrogens (tertiary/aromatic N) is 2. The third-order valence-electron chi connectivity index (χ3n) is 4.03. The van der Waals surface area contributed by atoms with Crippen LogP contribution in [-0.4, -0.2) is 54.1 Å². The largest absolute Gasteiger partial charge is 0.336 e. The normalized spacial score (nSPS) is 17.8. The second-order valence-electron chi connectivity index (χ2n) is 6.65. The van der Waals surface area contributed by atoms with Gasteiger partial charge in [0.05, 0.1) is 0 Å². The van der Waals surface area contributed by atoms with Crippen molar-refractivity contribution in [1.29, 1.82) is 0 Å². The first-order valence-corrected chi connectivity index (χ1v) is 8.23. The third kappa shape index (κ3) is 5.70. The highest BCUT2D eigenvalue weighted by Gasteiger charge is 2.26. The van der Waals surface area contributed by atoms with E-state index >= 15 is 0 Å². The van der Waals surface area contributed by atoms with Crippen LogP contribution in [0, 0.1) is 5.92 Å². The number of likely N-dealkylation sites (tertiary alicyclic amines) is 1. The Labute approximate surface area is 124 Å². The molecule has 0 aromatic rings. The Morgan fingerprint density at radius 2 is 1.85 bits per heavy atom. The van der Waals surface area contributed by atoms with E-state index in [2.05, 4.69) is 31.0 Å². The number of hydrogen-bond donors (Lipinski definition) is 1. The van der Waals surface area contributed by atoms with E-state index in [9.17, 15) is 4.79 Å². The first kappa shape index (κ1) is 17.3. The lowest BCUT2D eigenvalue weighted by Crippen LogP contribution is -2.51. The monoisotopic (exact) mass is 283 g/mol. The molecule has 0 atom stereocenters. The summed E-state index contributed by atoms with van der Waals surface area (Å²) in [6.07, 6.45) is 3.49. The molecule has 0 aliphatic carbocycles. The highest BCUT2D eigenvalue weighted by molar-refractivity contribution is 5.74. The van der Waals surface area contributed by atoms with Gasteiger partial charge in [-0.2, -0.15) is 0 Å². The van der Waals surface area contributed by atoms with Crippen molar-refractivity contribution in [3.8, 4) is 0 Å². The van der Waals surface area contributed by atoms with Crippen LogP contribution in [0.5, 0.6) is 0 Å². The Kier molecular flexibility index (Phi) is 7.35. The maximum atomic E-state index is 12.2. The predicted molar refractivity (Wildman–Crippen MR) is 85.0 cm³/mol. The van der Waals surface area contributed by atoms with Gasteiger partial charge in [-0.05, 0) is 52.5 Å². The van der Waals surface area contributed by atoms with Crippen LogP contribution in [0.1, 0.15) is 53.9 Å². The molecule has 1 aliphatic rings. The van der Waals surface area contributed by atoms with Gasteiger partial charge in [0.1, 0.15) is 0 Å². The lowest BCUT2D eigenvalue weighted by molar-refractivity contribution is 0.120. The lowest BCUT2D eigenvalue weighted by Gasteiger charge is -2.38. The second-order valence-corrected chi connectivity index (χ2v) is 6.65. The summed E-state index contributed by atoms with van der Waals surface area (Å²) >= 11 is 0. The number of rotatable bonds is 6. The smallest absolute Gasteiger partial charge is 0.317 e. The molecular formula is C16H33N3O. The Morgan fingerprint density at radius 3 is 2.30 bits per heavy atom. The van der Waals surface area contributed by atoms with Crippen LogP contribution in [0.3, 0.4) is 0 Å². The van der Waals surface area contributed by atoms with Gasteiger partial charge in [-0.15, -0.1) is 0 Å². The van der Waals surface area contributed by atoms with E-state index in [1.54, 1.807) is 0 Å². The summed E-state index contributed by atoms with van der Waals surface area (Å²) in [5.74, 6) is 0.775. The minimum Gasteiger partial charge on any atom is -0.336 e. The standard InChI is InChI=1S/C16H33N3O/c1-6-19(16(20)17-14(4)5)15-8-11-18(12-9-15)10-7-13(2)3/h13-15H,6-12H2,1-5H3,(H,17,20). The molecule has 0 aromatic heterocycles. The van der Waals surface area contributed by atoms with Gasteiger partial charge in [0, 0.05) is 31.7 Å². The van der Waals surface area contributed by atoms with Gasteiger partial charge in [-0.1, -0.05) is 13.8 Å². The fraction of sp³-hybridized carbons (Fsp3) is 0.938. The molecule has 4 nitrogen and oxygen atoms in total. The number of carbonyl (C=O) groups is 1. The Hall–Kier alpha value is -0.770. The summed E-state index contributed by atoms with van der Waals surface area (Å²) in [5, 5.41) is 3.02. The molecule has 0 bridgehead atoms. The average Bonchev–Trinajstić information content (AvgIpc) is 2.37. The SMILES string of the molecule is CCN(C(=O)NC(C)C)C1CCN(CCC(C)C)CC1. The van der Waals surface area contributed by atoms with Crippen molar-refractivity contribution in [3.05, 3.63) is 0 Å². The predicted octanol–water partition coefficient (Wildman–Crippen LogP) is 2.94. The molecule has 1 aliphatic heterocycles. The van der Waals surface area contributed by atoms with Gasteiger partial charge >= 0.3 is 6.03 Å². The number of carbonyl (C=O) groups excluding carboxylic acids is 1. The Balaban J connectivity index is 2.40. The van der Waals surface area contributed by atoms with E-state index in [1.165, 1.54) is 13.0 Å². The first-order chi connectivity index (χ1) is 9.43. The molecule has 0 spiro atoms. The van der Waals surface area contributed by atoms with Crippen molar-refractivity contribution in [2.75, 3.05) is 26.2 Å². The van der Waals surface area contributed by atoms with Crippen LogP contribution < -0.4 is 5.32 Å². The maximum Gasteiger partial charge on any atom is 0.317 e. The van der Waals surface area contributed by atoms with Gasteiger partial charge in [-0.25, -0.2) is 4.79 Å². The highest BCUT2D eigenvalue weighted by Crippen LogP contribution is 2.17. The molecule has 118 valence electrons. The third-order valence-corrected chi connectivity index (χ3v) is 4.03. The first-order valence-electron chi connectivity index (χ1n) is 8.23. The molecule has 1 rings (SSSR count). The topological polar surface area (TPSA) is 35.6 Å². The molecule has 0 unspecified atom stereocenters. The van der Waals surface area contributed by atoms with Crippen LogP contribution in [0.15, 0.2) is 0 Å². The average molecular weight is 283 g/mol. The summed E-state index contributed by atoms with van der Waals surface area (Å²) in [4.78, 5) is 16.7. The molecule has 1 N–H and O–H groups in total. The molecule has 4 heteroatoms. The Morgan fingerprint density at radius 1 is 1.25 bits per heavy atom. The molecule has 20 heavy (non-hydrogen) atoms. The number of nitrogens with one attached hydrogen (secondary N) is 1. The van der Waals surface area contributed by atoms with Crippen molar-refractivity contribution in [2.45, 2.75) is 66.0 Å². The van der Waals surface area contributed by atoms with E-state index in [4.69, 9.17) is 0 Å².